The van der Waals surface area contributed by atoms with Gasteiger partial charge in [-0.05, 0) is 0 Å². The van der Waals surface area contributed by atoms with E-state index in [4.69, 9.17) is 23.4 Å². The molecule has 0 fully saturated rings. The van der Waals surface area contributed by atoms with E-state index in [1.165, 1.54) is 20.3 Å². The molecule has 1 heterocycles. The molecule has 0 aliphatic heterocycles. The molecule has 0 aliphatic rings. The van der Waals surface area contributed by atoms with Gasteiger partial charge >= 0.3 is 11.9 Å². The highest BCUT2D eigenvalue weighted by Gasteiger charge is 2.30. The van der Waals surface area contributed by atoms with E-state index >= 15 is 0 Å². The van der Waals surface area contributed by atoms with Crippen LogP contribution in [-0.2, 0) is 9.59 Å². The number of benzene rings is 2. The highest BCUT2D eigenvalue weighted by atomic mass is 16.6. The van der Waals surface area contributed by atoms with E-state index in [1.54, 1.807) is 24.3 Å². The summed E-state index contributed by atoms with van der Waals surface area (Å²) < 4.78 is 27.1. The fourth-order valence-electron chi connectivity index (χ4n) is 2.88. The van der Waals surface area contributed by atoms with Gasteiger partial charge in [-0.1, -0.05) is 30.3 Å². The SMILES string of the molecule is COc1c(OC(C)=O)c(OC(C)=O)c2c(=O)cc(-c3ccccc3)oc2c1OC. The molecule has 0 aliphatic carbocycles. The molecule has 0 spiro atoms. The monoisotopic (exact) mass is 398 g/mol. The van der Waals surface area contributed by atoms with Crippen LogP contribution in [0.3, 0.4) is 0 Å². The standard InChI is InChI=1S/C21H18O8/c1-11(22)27-18-16-14(24)10-15(13-8-6-5-7-9-13)29-17(16)19(25-3)20(26-4)21(18)28-12(2)23/h5-10H,1-4H3. The summed E-state index contributed by atoms with van der Waals surface area (Å²) >= 11 is 0. The summed E-state index contributed by atoms with van der Waals surface area (Å²) in [5.41, 5.74) is 0.129. The van der Waals surface area contributed by atoms with Crippen molar-refractivity contribution in [2.45, 2.75) is 13.8 Å². The van der Waals surface area contributed by atoms with Gasteiger partial charge in [-0.25, -0.2) is 0 Å². The third kappa shape index (κ3) is 3.77. The van der Waals surface area contributed by atoms with Crippen molar-refractivity contribution in [1.29, 1.82) is 0 Å². The van der Waals surface area contributed by atoms with E-state index in [0.29, 0.717) is 5.56 Å². The first-order valence-electron chi connectivity index (χ1n) is 8.55. The summed E-state index contributed by atoms with van der Waals surface area (Å²) in [6.45, 7) is 2.31. The van der Waals surface area contributed by atoms with Crippen LogP contribution in [0.15, 0.2) is 45.6 Å². The van der Waals surface area contributed by atoms with Crippen LogP contribution >= 0.6 is 0 Å². The summed E-state index contributed by atoms with van der Waals surface area (Å²) in [6.07, 6.45) is 0. The molecule has 29 heavy (non-hydrogen) atoms. The highest BCUT2D eigenvalue weighted by molar-refractivity contribution is 5.98. The second kappa shape index (κ2) is 8.05. The largest absolute Gasteiger partial charge is 0.490 e. The lowest BCUT2D eigenvalue weighted by atomic mass is 10.1. The van der Waals surface area contributed by atoms with Crippen molar-refractivity contribution < 1.29 is 33.0 Å². The van der Waals surface area contributed by atoms with E-state index in [0.717, 1.165) is 13.8 Å². The number of carbonyl (C=O) groups is 2. The first-order valence-corrected chi connectivity index (χ1v) is 8.55. The zero-order chi connectivity index (χ0) is 21.1. The van der Waals surface area contributed by atoms with Crippen LogP contribution in [0.5, 0.6) is 23.0 Å². The Kier molecular flexibility index (Phi) is 5.54. The lowest BCUT2D eigenvalue weighted by molar-refractivity contribution is -0.134. The summed E-state index contributed by atoms with van der Waals surface area (Å²) in [6, 6.07) is 10.2. The number of rotatable bonds is 5. The first kappa shape index (κ1) is 19.9. The molecule has 0 amide bonds. The van der Waals surface area contributed by atoms with Crippen molar-refractivity contribution in [3.8, 4) is 34.3 Å². The van der Waals surface area contributed by atoms with Crippen LogP contribution < -0.4 is 24.4 Å². The van der Waals surface area contributed by atoms with Gasteiger partial charge in [0.1, 0.15) is 11.1 Å². The maximum atomic E-state index is 13.0. The number of carbonyl (C=O) groups excluding carboxylic acids is 2. The Bertz CT molecular complexity index is 1150. The van der Waals surface area contributed by atoms with Gasteiger partial charge in [0.15, 0.2) is 16.8 Å². The van der Waals surface area contributed by atoms with E-state index in [1.807, 2.05) is 6.07 Å². The number of hydrogen-bond acceptors (Lipinski definition) is 8. The van der Waals surface area contributed by atoms with Crippen LogP contribution in [0.25, 0.3) is 22.3 Å². The minimum Gasteiger partial charge on any atom is -0.490 e. The molecule has 150 valence electrons. The smallest absolute Gasteiger partial charge is 0.308 e. The molecular weight excluding hydrogens is 380 g/mol. The van der Waals surface area contributed by atoms with E-state index < -0.39 is 17.4 Å². The van der Waals surface area contributed by atoms with Crippen LogP contribution in [0.1, 0.15) is 13.8 Å². The molecule has 0 unspecified atom stereocenters. The Morgan fingerprint density at radius 3 is 1.97 bits per heavy atom. The topological polar surface area (TPSA) is 101 Å². The van der Waals surface area contributed by atoms with Crippen molar-refractivity contribution in [3.63, 3.8) is 0 Å². The molecule has 3 aromatic rings. The summed E-state index contributed by atoms with van der Waals surface area (Å²) in [4.78, 5) is 36.3. The lowest BCUT2D eigenvalue weighted by Gasteiger charge is -2.18. The second-order valence-corrected chi connectivity index (χ2v) is 5.96. The van der Waals surface area contributed by atoms with Crippen LogP contribution in [0, 0.1) is 0 Å². The highest BCUT2D eigenvalue weighted by Crippen LogP contribution is 2.50. The molecule has 0 bridgehead atoms. The van der Waals surface area contributed by atoms with Crippen molar-refractivity contribution >= 4 is 22.9 Å². The molecular formula is C21H18O8. The zero-order valence-electron chi connectivity index (χ0n) is 16.2. The Morgan fingerprint density at radius 1 is 0.828 bits per heavy atom. The summed E-state index contributed by atoms with van der Waals surface area (Å²) in [7, 11) is 2.66. The molecule has 0 saturated carbocycles. The van der Waals surface area contributed by atoms with Crippen molar-refractivity contribution in [2.24, 2.45) is 0 Å². The molecule has 8 heteroatoms. The van der Waals surface area contributed by atoms with Gasteiger partial charge in [-0.15, -0.1) is 0 Å². The van der Waals surface area contributed by atoms with Gasteiger partial charge in [-0.3, -0.25) is 14.4 Å². The average molecular weight is 398 g/mol. The third-order valence-corrected chi connectivity index (χ3v) is 3.96. The van der Waals surface area contributed by atoms with Crippen molar-refractivity contribution in [2.75, 3.05) is 14.2 Å². The molecule has 0 radical (unpaired) electrons. The molecule has 0 saturated heterocycles. The molecule has 0 atom stereocenters. The van der Waals surface area contributed by atoms with Gasteiger partial charge in [0.25, 0.3) is 0 Å². The second-order valence-electron chi connectivity index (χ2n) is 5.96. The Hall–Kier alpha value is -3.81. The number of fused-ring (bicyclic) bond motifs is 1. The van der Waals surface area contributed by atoms with E-state index in [9.17, 15) is 14.4 Å². The van der Waals surface area contributed by atoms with Gasteiger partial charge in [0.2, 0.25) is 17.2 Å². The minimum absolute atomic E-state index is 0.0112. The molecule has 8 nitrogen and oxygen atoms in total. The Labute approximate surface area is 165 Å². The van der Waals surface area contributed by atoms with E-state index in [2.05, 4.69) is 0 Å². The van der Waals surface area contributed by atoms with Crippen LogP contribution in [0.4, 0.5) is 0 Å². The molecule has 2 aromatic carbocycles. The summed E-state index contributed by atoms with van der Waals surface area (Å²) in [5.74, 6) is -1.73. The van der Waals surface area contributed by atoms with Gasteiger partial charge in [-0.2, -0.15) is 0 Å². The zero-order valence-corrected chi connectivity index (χ0v) is 16.2. The van der Waals surface area contributed by atoms with Crippen LogP contribution in [0.2, 0.25) is 0 Å². The number of methoxy groups -OCH3 is 2. The van der Waals surface area contributed by atoms with Gasteiger partial charge in [0.05, 0.1) is 14.2 Å². The quantitative estimate of drug-likeness (QED) is 0.476. The Morgan fingerprint density at radius 2 is 1.41 bits per heavy atom. The van der Waals surface area contributed by atoms with Crippen molar-refractivity contribution in [3.05, 3.63) is 46.6 Å². The number of esters is 2. The fraction of sp³-hybridized carbons (Fsp3) is 0.190. The van der Waals surface area contributed by atoms with Gasteiger partial charge in [0, 0.05) is 25.5 Å². The maximum Gasteiger partial charge on any atom is 0.308 e. The number of ether oxygens (including phenoxy) is 4. The molecule has 1 aromatic heterocycles. The number of hydrogen-bond donors (Lipinski definition) is 0. The Balaban J connectivity index is 2.47. The first-order chi connectivity index (χ1) is 13.9. The van der Waals surface area contributed by atoms with Crippen molar-refractivity contribution in [1.82, 2.24) is 0 Å². The van der Waals surface area contributed by atoms with Crippen LogP contribution in [-0.4, -0.2) is 26.2 Å². The minimum atomic E-state index is -0.724. The maximum absolute atomic E-state index is 13.0. The average Bonchev–Trinajstić information content (AvgIpc) is 2.68. The predicted octanol–water partition coefficient (Wildman–Crippen LogP) is 3.33. The fourth-order valence-corrected chi connectivity index (χ4v) is 2.88. The lowest BCUT2D eigenvalue weighted by Crippen LogP contribution is -2.13. The molecule has 3 rings (SSSR count). The normalized spacial score (nSPS) is 10.5. The molecule has 0 N–H and O–H groups in total. The summed E-state index contributed by atoms with van der Waals surface area (Å²) in [5, 5.41) is -0.117. The van der Waals surface area contributed by atoms with E-state index in [-0.39, 0.29) is 39.7 Å². The predicted molar refractivity (Wildman–Crippen MR) is 104 cm³/mol. The third-order valence-electron chi connectivity index (χ3n) is 3.96. The van der Waals surface area contributed by atoms with Gasteiger partial charge < -0.3 is 23.4 Å².